The van der Waals surface area contributed by atoms with Crippen molar-refractivity contribution >= 4 is 11.8 Å². The van der Waals surface area contributed by atoms with Crippen molar-refractivity contribution in [3.05, 3.63) is 59.8 Å². The first-order valence-corrected chi connectivity index (χ1v) is 13.1. The Morgan fingerprint density at radius 1 is 1.00 bits per heavy atom. The fourth-order valence-corrected chi connectivity index (χ4v) is 5.96. The summed E-state index contributed by atoms with van der Waals surface area (Å²) >= 11 is 0. The lowest BCUT2D eigenvalue weighted by atomic mass is 9.90. The van der Waals surface area contributed by atoms with Crippen LogP contribution in [0.2, 0.25) is 0 Å². The molecule has 0 radical (unpaired) electrons. The number of hydrogen-bond acceptors (Lipinski definition) is 2. The van der Waals surface area contributed by atoms with E-state index in [0.29, 0.717) is 18.8 Å². The second-order valence-electron chi connectivity index (χ2n) is 10.5. The lowest BCUT2D eigenvalue weighted by Gasteiger charge is -2.45. The number of carbonyl (C=O) groups excluding carboxylic acids is 2. The predicted molar refractivity (Wildman–Crippen MR) is 135 cm³/mol. The van der Waals surface area contributed by atoms with Gasteiger partial charge in [-0.3, -0.25) is 9.59 Å². The zero-order chi connectivity index (χ0) is 23.5. The molecule has 1 fully saturated rings. The van der Waals surface area contributed by atoms with Crippen LogP contribution in [-0.2, 0) is 11.3 Å². The number of carbonyl (C=O) groups is 2. The fraction of sp³-hybridized carbons (Fsp3) is 0.517. The molecule has 2 aliphatic carbocycles. The van der Waals surface area contributed by atoms with Gasteiger partial charge in [-0.2, -0.15) is 0 Å². The van der Waals surface area contributed by atoms with Crippen LogP contribution in [0.4, 0.5) is 0 Å². The Labute approximate surface area is 203 Å². The Balaban J connectivity index is 1.46. The topological polar surface area (TPSA) is 54.3 Å². The van der Waals surface area contributed by atoms with E-state index in [1.54, 1.807) is 0 Å². The molecule has 2 heterocycles. The zero-order valence-corrected chi connectivity index (χ0v) is 20.4. The molecule has 1 N–H and O–H groups in total. The summed E-state index contributed by atoms with van der Waals surface area (Å²) in [6, 6.07) is 14.3. The lowest BCUT2D eigenvalue weighted by molar-refractivity contribution is -0.133. The number of fused-ring (bicyclic) bond motifs is 1. The molecular weight excluding hydrogens is 422 g/mol. The summed E-state index contributed by atoms with van der Waals surface area (Å²) in [6.45, 7) is 3.03. The molecule has 0 bridgehead atoms. The van der Waals surface area contributed by atoms with Gasteiger partial charge >= 0.3 is 0 Å². The number of nitrogens with one attached hydrogen (secondary N) is 1. The molecule has 180 valence electrons. The molecular formula is C29H37N3O2. The number of amides is 2. The summed E-state index contributed by atoms with van der Waals surface area (Å²) in [6.07, 6.45) is 13.6. The van der Waals surface area contributed by atoms with E-state index in [2.05, 4.69) is 28.1 Å². The van der Waals surface area contributed by atoms with E-state index in [0.717, 1.165) is 43.4 Å². The molecule has 34 heavy (non-hydrogen) atoms. The molecule has 1 aromatic heterocycles. The highest BCUT2D eigenvalue weighted by Crippen LogP contribution is 2.34. The number of allylic oxidation sites excluding steroid dienone is 1. The molecule has 0 unspecified atom stereocenters. The number of rotatable bonds is 6. The van der Waals surface area contributed by atoms with Gasteiger partial charge in [0, 0.05) is 18.3 Å². The van der Waals surface area contributed by atoms with Crippen molar-refractivity contribution in [2.45, 2.75) is 89.3 Å². The van der Waals surface area contributed by atoms with Gasteiger partial charge in [-0.1, -0.05) is 61.2 Å². The van der Waals surface area contributed by atoms with Crippen molar-refractivity contribution < 1.29 is 9.59 Å². The Hall–Kier alpha value is -2.82. The van der Waals surface area contributed by atoms with Crippen LogP contribution < -0.4 is 5.32 Å². The van der Waals surface area contributed by atoms with E-state index in [1.807, 2.05) is 42.2 Å². The van der Waals surface area contributed by atoms with Crippen LogP contribution in [0.5, 0.6) is 0 Å². The average molecular weight is 460 g/mol. The van der Waals surface area contributed by atoms with E-state index in [-0.39, 0.29) is 17.9 Å². The van der Waals surface area contributed by atoms with Crippen molar-refractivity contribution in [1.82, 2.24) is 14.8 Å². The standard InChI is InChI=1S/C29H37N3O2/c1-29(28(34)30-24-15-9-4-10-16-24)21-31-25(23-13-7-3-8-14-23)17-18-26(31)27(33)32(29)20-19-22-11-5-2-6-12-22/h3,7-8,11,13-14,17-18,24H,2,4-6,9-10,12,15-16,19-21H2,1H3,(H,30,34)/t29-/m0/s1. The number of aromatic nitrogens is 1. The summed E-state index contributed by atoms with van der Waals surface area (Å²) in [7, 11) is 0. The van der Waals surface area contributed by atoms with Gasteiger partial charge in [-0.15, -0.1) is 0 Å². The molecule has 1 aliphatic heterocycles. The molecule has 0 spiro atoms. The Bertz CT molecular complexity index is 1060. The highest BCUT2D eigenvalue weighted by atomic mass is 16.2. The molecule has 2 amide bonds. The Morgan fingerprint density at radius 2 is 1.76 bits per heavy atom. The van der Waals surface area contributed by atoms with Gasteiger partial charge in [0.1, 0.15) is 11.2 Å². The van der Waals surface area contributed by atoms with Crippen LogP contribution in [0.1, 0.15) is 81.6 Å². The minimum absolute atomic E-state index is 0.0104. The Morgan fingerprint density at radius 3 is 2.50 bits per heavy atom. The summed E-state index contributed by atoms with van der Waals surface area (Å²) in [4.78, 5) is 29.6. The van der Waals surface area contributed by atoms with E-state index < -0.39 is 5.54 Å². The maximum absolute atomic E-state index is 13.9. The van der Waals surface area contributed by atoms with Gasteiger partial charge in [-0.25, -0.2) is 0 Å². The van der Waals surface area contributed by atoms with Crippen LogP contribution in [0.15, 0.2) is 54.1 Å². The molecule has 3 aliphatic rings. The molecule has 5 heteroatoms. The van der Waals surface area contributed by atoms with Crippen LogP contribution >= 0.6 is 0 Å². The van der Waals surface area contributed by atoms with E-state index in [1.165, 1.54) is 37.7 Å². The third-order valence-electron chi connectivity index (χ3n) is 8.05. The molecule has 1 aromatic carbocycles. The van der Waals surface area contributed by atoms with Crippen molar-refractivity contribution in [2.75, 3.05) is 6.54 Å². The molecule has 5 rings (SSSR count). The monoisotopic (exact) mass is 459 g/mol. The van der Waals surface area contributed by atoms with Gasteiger partial charge in [0.05, 0.1) is 6.54 Å². The van der Waals surface area contributed by atoms with Crippen LogP contribution in [0.3, 0.4) is 0 Å². The maximum atomic E-state index is 13.9. The van der Waals surface area contributed by atoms with Gasteiger partial charge in [0.15, 0.2) is 0 Å². The summed E-state index contributed by atoms with van der Waals surface area (Å²) in [5.74, 6) is -0.0464. The van der Waals surface area contributed by atoms with Gasteiger partial charge in [-0.05, 0) is 69.6 Å². The van der Waals surface area contributed by atoms with Crippen LogP contribution in [0, 0.1) is 0 Å². The third-order valence-corrected chi connectivity index (χ3v) is 8.05. The summed E-state index contributed by atoms with van der Waals surface area (Å²) in [5.41, 5.74) is 3.26. The third kappa shape index (κ3) is 4.45. The fourth-order valence-electron chi connectivity index (χ4n) is 5.96. The smallest absolute Gasteiger partial charge is 0.271 e. The molecule has 1 atom stereocenters. The van der Waals surface area contributed by atoms with Crippen LogP contribution in [-0.4, -0.2) is 39.4 Å². The van der Waals surface area contributed by atoms with E-state index >= 15 is 0 Å². The highest BCUT2D eigenvalue weighted by Gasteiger charge is 2.48. The first-order valence-electron chi connectivity index (χ1n) is 13.1. The number of nitrogens with zero attached hydrogens (tertiary/aromatic N) is 2. The number of hydrogen-bond donors (Lipinski definition) is 1. The van der Waals surface area contributed by atoms with Crippen molar-refractivity contribution in [2.24, 2.45) is 0 Å². The molecule has 1 saturated carbocycles. The molecule has 5 nitrogen and oxygen atoms in total. The Kier molecular flexibility index (Phi) is 6.62. The first-order chi connectivity index (χ1) is 16.6. The largest absolute Gasteiger partial charge is 0.351 e. The van der Waals surface area contributed by atoms with Gasteiger partial charge in [0.2, 0.25) is 5.91 Å². The predicted octanol–water partition coefficient (Wildman–Crippen LogP) is 5.71. The minimum Gasteiger partial charge on any atom is -0.351 e. The second kappa shape index (κ2) is 9.81. The van der Waals surface area contributed by atoms with Gasteiger partial charge < -0.3 is 14.8 Å². The van der Waals surface area contributed by atoms with Crippen LogP contribution in [0.25, 0.3) is 11.3 Å². The second-order valence-corrected chi connectivity index (χ2v) is 10.5. The van der Waals surface area contributed by atoms with E-state index in [9.17, 15) is 9.59 Å². The SMILES string of the molecule is C[C@@]1(C(=O)NC2CCCCC2)Cn2c(ccc2-c2ccccc2)C(=O)N1CCC1=CCCCC1. The van der Waals surface area contributed by atoms with E-state index in [4.69, 9.17) is 0 Å². The quantitative estimate of drug-likeness (QED) is 0.563. The molecule has 0 saturated heterocycles. The van der Waals surface area contributed by atoms with Crippen molar-refractivity contribution in [3.63, 3.8) is 0 Å². The maximum Gasteiger partial charge on any atom is 0.271 e. The zero-order valence-electron chi connectivity index (χ0n) is 20.4. The summed E-state index contributed by atoms with van der Waals surface area (Å²) < 4.78 is 2.06. The highest BCUT2D eigenvalue weighted by molar-refractivity contribution is 6.00. The lowest BCUT2D eigenvalue weighted by Crippen LogP contribution is -2.65. The van der Waals surface area contributed by atoms with Crippen molar-refractivity contribution in [3.8, 4) is 11.3 Å². The number of benzene rings is 1. The summed E-state index contributed by atoms with van der Waals surface area (Å²) in [5, 5.41) is 3.34. The average Bonchev–Trinajstić information content (AvgIpc) is 3.29. The normalized spacial score (nSPS) is 23.4. The minimum atomic E-state index is -0.917. The first kappa shape index (κ1) is 22.9. The van der Waals surface area contributed by atoms with Crippen molar-refractivity contribution in [1.29, 1.82) is 0 Å². The van der Waals surface area contributed by atoms with Gasteiger partial charge in [0.25, 0.3) is 5.91 Å². The molecule has 2 aromatic rings.